The van der Waals surface area contributed by atoms with Crippen LogP contribution >= 0.6 is 59.6 Å². The summed E-state index contributed by atoms with van der Waals surface area (Å²) in [6, 6.07) is 16.2. The minimum atomic E-state index is -0.543. The number of carbonyl (C=O) groups excluding carboxylic acids is 1. The molecule has 6 rings (SSSR count). The van der Waals surface area contributed by atoms with Gasteiger partial charge in [0, 0.05) is 58.8 Å². The second kappa shape index (κ2) is 21.5. The summed E-state index contributed by atoms with van der Waals surface area (Å²) in [4.78, 5) is 24.4. The van der Waals surface area contributed by atoms with Crippen molar-refractivity contribution < 1.29 is 14.7 Å². The maximum absolute atomic E-state index is 13.1. The Morgan fingerprint density at radius 2 is 1.62 bits per heavy atom. The van der Waals surface area contributed by atoms with Crippen molar-refractivity contribution in [1.29, 1.82) is 0 Å². The zero-order chi connectivity index (χ0) is 35.5. The first-order valence-electron chi connectivity index (χ1n) is 16.8. The van der Waals surface area contributed by atoms with Gasteiger partial charge in [-0.15, -0.1) is 24.8 Å². The average Bonchev–Trinajstić information content (AvgIpc) is 3.46. The van der Waals surface area contributed by atoms with Crippen LogP contribution in [0.15, 0.2) is 72.1 Å². The molecule has 0 saturated carbocycles. The fourth-order valence-corrected chi connectivity index (χ4v) is 6.55. The van der Waals surface area contributed by atoms with Crippen LogP contribution in [-0.2, 0) is 4.84 Å². The van der Waals surface area contributed by atoms with Crippen LogP contribution < -0.4 is 11.2 Å². The van der Waals surface area contributed by atoms with Gasteiger partial charge in [-0.05, 0) is 88.2 Å². The fraction of sp³-hybridized carbons (Fsp3) is 0.389. The molecule has 2 aliphatic rings. The number of nitrogens with zero attached hydrogens (tertiary/aromatic N) is 6. The Bertz CT molecular complexity index is 1730. The standard InChI is InChI=1S/C22H21Cl3N4O.C14H22N4O2.2ClH/c1-14-20(22(30)27-28-11-3-2-4-12-28)26-29(19-10-9-17(24)13-18(19)25)21(14)15-5-7-16(23)8-6-15;15-14(12-5-4-6-16-9-12)17-20-11-13(19)10-18-7-2-1-3-8-18;;/h5-10,13H,2-4,11-12H2,1H3,(H,27,30);4-6,9,13,19H,1-3,7-8,10-11H2,(H2,15,17);2*1H. The van der Waals surface area contributed by atoms with E-state index in [9.17, 15) is 9.90 Å². The van der Waals surface area contributed by atoms with E-state index in [1.54, 1.807) is 47.4 Å². The van der Waals surface area contributed by atoms with Gasteiger partial charge in [-0.25, -0.2) is 9.69 Å². The minimum absolute atomic E-state index is 0. The number of hydrazine groups is 1. The Balaban J connectivity index is 0.000000291. The molecule has 1 unspecified atom stereocenters. The summed E-state index contributed by atoms with van der Waals surface area (Å²) in [5.74, 6) is 0.0386. The smallest absolute Gasteiger partial charge is 0.286 e. The molecule has 0 bridgehead atoms. The number of aliphatic hydroxyl groups excluding tert-OH is 1. The van der Waals surface area contributed by atoms with Gasteiger partial charge in [0.2, 0.25) is 0 Å². The van der Waals surface area contributed by atoms with Gasteiger partial charge in [0.25, 0.3) is 5.91 Å². The van der Waals surface area contributed by atoms with Gasteiger partial charge in [-0.1, -0.05) is 64.9 Å². The van der Waals surface area contributed by atoms with Crippen LogP contribution in [0.2, 0.25) is 15.1 Å². The minimum Gasteiger partial charge on any atom is -0.391 e. The number of rotatable bonds is 10. The molecular weight excluding hydrogens is 770 g/mol. The van der Waals surface area contributed by atoms with E-state index in [2.05, 4.69) is 25.6 Å². The highest BCUT2D eigenvalue weighted by Gasteiger charge is 2.25. The van der Waals surface area contributed by atoms with Crippen molar-refractivity contribution in [3.05, 3.63) is 98.9 Å². The number of nitrogens with two attached hydrogens (primary N) is 1. The molecule has 2 aliphatic heterocycles. The molecule has 1 amide bonds. The van der Waals surface area contributed by atoms with E-state index in [4.69, 9.17) is 45.4 Å². The summed E-state index contributed by atoms with van der Waals surface area (Å²) >= 11 is 18.6. The first-order valence-corrected chi connectivity index (χ1v) is 18.0. The Hall–Kier alpha value is -3.13. The van der Waals surface area contributed by atoms with Crippen LogP contribution in [0.4, 0.5) is 0 Å². The molecule has 52 heavy (non-hydrogen) atoms. The van der Waals surface area contributed by atoms with Gasteiger partial charge >= 0.3 is 0 Å². The van der Waals surface area contributed by atoms with Crippen molar-refractivity contribution in [3.63, 3.8) is 0 Å². The van der Waals surface area contributed by atoms with E-state index in [0.29, 0.717) is 38.6 Å². The number of benzene rings is 2. The van der Waals surface area contributed by atoms with Gasteiger partial charge in [0.05, 0.1) is 16.4 Å². The van der Waals surface area contributed by atoms with E-state index in [-0.39, 0.29) is 43.2 Å². The normalized spacial score (nSPS) is 15.7. The van der Waals surface area contributed by atoms with Crippen LogP contribution in [0.3, 0.4) is 0 Å². The number of β-amino-alcohol motifs (C(OH)–C–C–N with tert-alkyl or cyclic N) is 1. The van der Waals surface area contributed by atoms with Gasteiger partial charge in [0.1, 0.15) is 12.7 Å². The van der Waals surface area contributed by atoms with Crippen molar-refractivity contribution in [2.75, 3.05) is 39.3 Å². The molecule has 2 aromatic heterocycles. The number of amides is 1. The summed E-state index contributed by atoms with van der Waals surface area (Å²) in [5.41, 5.74) is 12.9. The number of hydrogen-bond acceptors (Lipinski definition) is 8. The van der Waals surface area contributed by atoms with Crippen LogP contribution in [0.5, 0.6) is 0 Å². The first-order chi connectivity index (χ1) is 24.2. The summed E-state index contributed by atoms with van der Waals surface area (Å²) in [6.07, 6.45) is 9.78. The van der Waals surface area contributed by atoms with Gasteiger partial charge < -0.3 is 20.6 Å². The Labute approximate surface area is 332 Å². The average molecular weight is 815 g/mol. The van der Waals surface area contributed by atoms with Crippen molar-refractivity contribution in [3.8, 4) is 16.9 Å². The van der Waals surface area contributed by atoms with Crippen molar-refractivity contribution in [1.82, 2.24) is 30.1 Å². The number of aliphatic hydroxyl groups is 1. The number of hydrogen-bond donors (Lipinski definition) is 3. The SMILES string of the molecule is Cc1c(C(=O)NN2CCCCC2)nn(-c2ccc(Cl)cc2Cl)c1-c1ccc(Cl)cc1.Cl.Cl.N/C(=N\OCC(O)CN1CCCCC1)c1cccnc1. The quantitative estimate of drug-likeness (QED) is 0.0861. The van der Waals surface area contributed by atoms with Gasteiger partial charge in [-0.3, -0.25) is 15.2 Å². The monoisotopic (exact) mass is 812 g/mol. The maximum atomic E-state index is 13.1. The van der Waals surface area contributed by atoms with E-state index in [1.807, 2.05) is 36.2 Å². The predicted octanol–water partition coefficient (Wildman–Crippen LogP) is 7.35. The molecular formula is C36H45Cl5N8O3. The lowest BCUT2D eigenvalue weighted by Gasteiger charge is -2.27. The molecule has 16 heteroatoms. The maximum Gasteiger partial charge on any atom is 0.286 e. The lowest BCUT2D eigenvalue weighted by Crippen LogP contribution is -2.45. The number of carbonyl (C=O) groups is 1. The number of piperidine rings is 2. The largest absolute Gasteiger partial charge is 0.391 e. The van der Waals surface area contributed by atoms with E-state index in [1.165, 1.54) is 25.7 Å². The predicted molar refractivity (Wildman–Crippen MR) is 213 cm³/mol. The van der Waals surface area contributed by atoms with Crippen LogP contribution in [0, 0.1) is 6.92 Å². The Morgan fingerprint density at radius 3 is 2.25 bits per heavy atom. The molecule has 0 radical (unpaired) electrons. The second-order valence-corrected chi connectivity index (χ2v) is 13.6. The highest BCUT2D eigenvalue weighted by atomic mass is 35.5. The van der Waals surface area contributed by atoms with Crippen molar-refractivity contribution in [2.45, 2.75) is 51.6 Å². The number of aromatic nitrogens is 3. The molecule has 4 aromatic rings. The van der Waals surface area contributed by atoms with Crippen molar-refractivity contribution >= 4 is 71.4 Å². The third-order valence-corrected chi connectivity index (χ3v) is 9.30. The van der Waals surface area contributed by atoms with E-state index < -0.39 is 6.10 Å². The summed E-state index contributed by atoms with van der Waals surface area (Å²) < 4.78 is 1.70. The summed E-state index contributed by atoms with van der Waals surface area (Å²) in [7, 11) is 0. The molecule has 4 heterocycles. The van der Waals surface area contributed by atoms with Gasteiger partial charge in [-0.2, -0.15) is 5.10 Å². The molecule has 2 aromatic carbocycles. The van der Waals surface area contributed by atoms with Gasteiger partial charge in [0.15, 0.2) is 11.5 Å². The number of halogens is 5. The second-order valence-electron chi connectivity index (χ2n) is 12.4. The molecule has 11 nitrogen and oxygen atoms in total. The molecule has 0 spiro atoms. The molecule has 0 aliphatic carbocycles. The van der Waals surface area contributed by atoms with E-state index >= 15 is 0 Å². The van der Waals surface area contributed by atoms with Crippen LogP contribution in [0.25, 0.3) is 16.9 Å². The third kappa shape index (κ3) is 12.2. The molecule has 1 atom stereocenters. The van der Waals surface area contributed by atoms with Crippen LogP contribution in [0.1, 0.15) is 60.1 Å². The van der Waals surface area contributed by atoms with Crippen LogP contribution in [-0.4, -0.2) is 87.0 Å². The number of oxime groups is 1. The molecule has 282 valence electrons. The lowest BCUT2D eigenvalue weighted by molar-refractivity contribution is 0.0157. The Morgan fingerprint density at radius 1 is 0.962 bits per heavy atom. The zero-order valence-electron chi connectivity index (χ0n) is 28.9. The number of likely N-dealkylation sites (tertiary alicyclic amines) is 1. The number of amidine groups is 1. The highest BCUT2D eigenvalue weighted by molar-refractivity contribution is 6.35. The fourth-order valence-electron chi connectivity index (χ4n) is 5.94. The zero-order valence-corrected chi connectivity index (χ0v) is 32.8. The van der Waals surface area contributed by atoms with E-state index in [0.717, 1.165) is 55.8 Å². The molecule has 4 N–H and O–H groups in total. The molecule has 2 saturated heterocycles. The molecule has 2 fully saturated rings. The Kier molecular flexibility index (Phi) is 17.9. The number of nitrogens with one attached hydrogen (secondary N) is 1. The summed E-state index contributed by atoms with van der Waals surface area (Å²) in [5, 5.41) is 21.9. The number of pyridine rings is 1. The lowest BCUT2D eigenvalue weighted by atomic mass is 10.1. The third-order valence-electron chi connectivity index (χ3n) is 8.51. The van der Waals surface area contributed by atoms with Crippen molar-refractivity contribution in [2.24, 2.45) is 10.9 Å². The highest BCUT2D eigenvalue weighted by Crippen LogP contribution is 2.33. The summed E-state index contributed by atoms with van der Waals surface area (Å²) in [6.45, 7) is 6.47. The first kappa shape index (κ1) is 43.3. The topological polar surface area (TPSA) is 134 Å².